The molecule has 2 unspecified atom stereocenters. The number of rotatable bonds is 8. The molecule has 2 aromatic rings. The van der Waals surface area contributed by atoms with Gasteiger partial charge in [-0.3, -0.25) is 4.79 Å². The fraction of sp³-hybridized carbons (Fsp3) is 0.486. The molecule has 244 valence electrons. The number of hydrogen-bond acceptors (Lipinski definition) is 8. The van der Waals surface area contributed by atoms with Gasteiger partial charge in [0.15, 0.2) is 0 Å². The molecule has 0 aliphatic carbocycles. The van der Waals surface area contributed by atoms with Crippen molar-refractivity contribution >= 4 is 24.1 Å². The lowest BCUT2D eigenvalue weighted by Crippen LogP contribution is -2.32. The van der Waals surface area contributed by atoms with Crippen molar-refractivity contribution < 1.29 is 38.1 Å². The number of carbonyl (C=O) groups excluding carboxylic acids is 4. The van der Waals surface area contributed by atoms with Crippen LogP contribution in [-0.4, -0.2) is 73.3 Å². The van der Waals surface area contributed by atoms with Crippen LogP contribution in [0.3, 0.4) is 0 Å². The van der Waals surface area contributed by atoms with Crippen molar-refractivity contribution in [3.8, 4) is 0 Å². The molecule has 2 atom stereocenters. The van der Waals surface area contributed by atoms with E-state index in [1.54, 1.807) is 16.7 Å². The van der Waals surface area contributed by atoms with Crippen LogP contribution in [-0.2, 0) is 41.8 Å². The van der Waals surface area contributed by atoms with E-state index in [1.165, 1.54) is 0 Å². The van der Waals surface area contributed by atoms with E-state index < -0.39 is 0 Å². The number of nitrogens with zero attached hydrogens (tertiary/aromatic N) is 2. The van der Waals surface area contributed by atoms with Crippen molar-refractivity contribution in [3.63, 3.8) is 0 Å². The minimum absolute atomic E-state index is 0.137. The van der Waals surface area contributed by atoms with Gasteiger partial charge >= 0.3 is 24.1 Å². The smallest absolute Gasteiger partial charge is 0.410 e. The Morgan fingerprint density at radius 2 is 1.22 bits per heavy atom. The molecule has 2 heterocycles. The van der Waals surface area contributed by atoms with Gasteiger partial charge in [-0.25, -0.2) is 14.4 Å². The molecule has 0 spiro atoms. The molecule has 1 fully saturated rings. The molecule has 2 amide bonds. The standard InChI is InChI=1S/C18H25NO4.C17H21NO4/c1-3-22-17(20)16-10-12-19(11-9-14(16)2)18(21)23-13-15-7-5-4-6-8-15;1-2-21-16(19)15-9-6-11-18(12-10-15)17(20)22-13-14-7-4-3-5-8-14/h4-8,14,16H,3,9-13H2,1-2H3;3-5,7-9H,2,6,10-13H2,1H3. The Balaban J connectivity index is 0.000000246. The Labute approximate surface area is 266 Å². The van der Waals surface area contributed by atoms with E-state index >= 15 is 0 Å². The average molecular weight is 623 g/mol. The summed E-state index contributed by atoms with van der Waals surface area (Å²) in [7, 11) is 0. The highest BCUT2D eigenvalue weighted by atomic mass is 16.6. The molecular weight excluding hydrogens is 576 g/mol. The second-order valence-electron chi connectivity index (χ2n) is 11.0. The summed E-state index contributed by atoms with van der Waals surface area (Å²) in [5, 5.41) is 0. The Morgan fingerprint density at radius 1 is 0.689 bits per heavy atom. The summed E-state index contributed by atoms with van der Waals surface area (Å²) in [6, 6.07) is 19.2. The Bertz CT molecular complexity index is 1250. The van der Waals surface area contributed by atoms with Gasteiger partial charge in [-0.15, -0.1) is 0 Å². The van der Waals surface area contributed by atoms with E-state index in [2.05, 4.69) is 0 Å². The van der Waals surface area contributed by atoms with Gasteiger partial charge in [-0.05, 0) is 56.6 Å². The van der Waals surface area contributed by atoms with Crippen LogP contribution >= 0.6 is 0 Å². The summed E-state index contributed by atoms with van der Waals surface area (Å²) >= 11 is 0. The highest BCUT2D eigenvalue weighted by molar-refractivity contribution is 5.88. The second kappa shape index (κ2) is 19.1. The number of benzene rings is 2. The fourth-order valence-electron chi connectivity index (χ4n) is 5.11. The zero-order valence-electron chi connectivity index (χ0n) is 26.7. The summed E-state index contributed by atoms with van der Waals surface area (Å²) < 4.78 is 20.8. The number of ether oxygens (including phenoxy) is 4. The molecule has 4 rings (SSSR count). The number of amides is 2. The maximum atomic E-state index is 12.2. The monoisotopic (exact) mass is 622 g/mol. The summed E-state index contributed by atoms with van der Waals surface area (Å²) in [5.41, 5.74) is 2.56. The first-order valence-electron chi connectivity index (χ1n) is 15.8. The summed E-state index contributed by atoms with van der Waals surface area (Å²) in [5.74, 6) is -0.371. The first kappa shape index (κ1) is 35.1. The zero-order valence-corrected chi connectivity index (χ0v) is 26.7. The van der Waals surface area contributed by atoms with Crippen molar-refractivity contribution in [1.82, 2.24) is 9.80 Å². The van der Waals surface area contributed by atoms with Crippen molar-refractivity contribution in [1.29, 1.82) is 0 Å². The van der Waals surface area contributed by atoms with Gasteiger partial charge in [0.1, 0.15) is 13.2 Å². The number of likely N-dealkylation sites (tertiary alicyclic amines) is 1. The summed E-state index contributed by atoms with van der Waals surface area (Å²) in [6.45, 7) is 9.08. The van der Waals surface area contributed by atoms with Gasteiger partial charge in [-0.1, -0.05) is 73.7 Å². The van der Waals surface area contributed by atoms with Crippen molar-refractivity contribution in [2.24, 2.45) is 11.8 Å². The lowest BCUT2D eigenvalue weighted by Gasteiger charge is -2.20. The molecule has 0 N–H and O–H groups in total. The predicted octanol–water partition coefficient (Wildman–Crippen LogP) is 6.14. The third-order valence-electron chi connectivity index (χ3n) is 7.75. The second-order valence-corrected chi connectivity index (χ2v) is 11.0. The first-order valence-corrected chi connectivity index (χ1v) is 15.8. The third kappa shape index (κ3) is 11.9. The van der Waals surface area contributed by atoms with Crippen molar-refractivity contribution in [3.05, 3.63) is 83.4 Å². The molecule has 10 heteroatoms. The van der Waals surface area contributed by atoms with Crippen LogP contribution in [0.1, 0.15) is 57.6 Å². The quantitative estimate of drug-likeness (QED) is 0.255. The minimum atomic E-state index is -0.345. The molecule has 0 saturated carbocycles. The first-order chi connectivity index (χ1) is 21.8. The molecule has 2 aromatic carbocycles. The number of carbonyl (C=O) groups is 4. The SMILES string of the molecule is CCOC(=O)C1=CCCN(C(=O)OCc2ccccc2)CC1.CCOC(=O)C1CCN(C(=O)OCc2ccccc2)CCC1C. The van der Waals surface area contributed by atoms with E-state index in [1.807, 2.05) is 80.6 Å². The maximum Gasteiger partial charge on any atom is 0.410 e. The lowest BCUT2D eigenvalue weighted by atomic mass is 9.90. The molecule has 2 aliphatic heterocycles. The van der Waals surface area contributed by atoms with Crippen LogP contribution in [0.25, 0.3) is 0 Å². The lowest BCUT2D eigenvalue weighted by molar-refractivity contribution is -0.150. The highest BCUT2D eigenvalue weighted by Crippen LogP contribution is 2.25. The minimum Gasteiger partial charge on any atom is -0.466 e. The van der Waals surface area contributed by atoms with Gasteiger partial charge < -0.3 is 28.7 Å². The molecule has 1 saturated heterocycles. The van der Waals surface area contributed by atoms with Crippen LogP contribution in [0.15, 0.2) is 72.3 Å². The van der Waals surface area contributed by atoms with Crippen LogP contribution in [0, 0.1) is 11.8 Å². The molecule has 0 bridgehead atoms. The predicted molar refractivity (Wildman–Crippen MR) is 169 cm³/mol. The van der Waals surface area contributed by atoms with Crippen LogP contribution in [0.2, 0.25) is 0 Å². The molecule has 0 radical (unpaired) electrons. The third-order valence-corrected chi connectivity index (χ3v) is 7.75. The van der Waals surface area contributed by atoms with Gasteiger partial charge in [0.05, 0.1) is 19.1 Å². The topological polar surface area (TPSA) is 112 Å². The van der Waals surface area contributed by atoms with Gasteiger partial charge in [-0.2, -0.15) is 0 Å². The largest absolute Gasteiger partial charge is 0.466 e. The summed E-state index contributed by atoms with van der Waals surface area (Å²) in [6.07, 6.45) is 3.73. The molecule has 2 aliphatic rings. The average Bonchev–Trinajstić information content (AvgIpc) is 3.43. The summed E-state index contributed by atoms with van der Waals surface area (Å²) in [4.78, 5) is 51.3. The Morgan fingerprint density at radius 3 is 1.78 bits per heavy atom. The van der Waals surface area contributed by atoms with Crippen molar-refractivity contribution in [2.75, 3.05) is 39.4 Å². The molecule has 45 heavy (non-hydrogen) atoms. The van der Waals surface area contributed by atoms with E-state index in [9.17, 15) is 19.2 Å². The number of hydrogen-bond donors (Lipinski definition) is 0. The van der Waals surface area contributed by atoms with Crippen LogP contribution < -0.4 is 0 Å². The van der Waals surface area contributed by atoms with Gasteiger partial charge in [0.25, 0.3) is 0 Å². The van der Waals surface area contributed by atoms with Gasteiger partial charge in [0, 0.05) is 31.8 Å². The highest BCUT2D eigenvalue weighted by Gasteiger charge is 2.31. The van der Waals surface area contributed by atoms with E-state index in [4.69, 9.17) is 18.9 Å². The van der Waals surface area contributed by atoms with Crippen LogP contribution in [0.5, 0.6) is 0 Å². The van der Waals surface area contributed by atoms with E-state index in [0.717, 1.165) is 17.5 Å². The fourth-order valence-corrected chi connectivity index (χ4v) is 5.11. The zero-order chi connectivity index (χ0) is 32.4. The Hall–Kier alpha value is -4.34. The van der Waals surface area contributed by atoms with E-state index in [0.29, 0.717) is 64.2 Å². The van der Waals surface area contributed by atoms with Crippen molar-refractivity contribution in [2.45, 2.75) is 59.7 Å². The number of esters is 2. The molecular formula is C35H46N2O8. The molecule has 0 aromatic heterocycles. The Kier molecular flexibility index (Phi) is 14.9. The van der Waals surface area contributed by atoms with Gasteiger partial charge in [0.2, 0.25) is 0 Å². The normalized spacial score (nSPS) is 18.2. The van der Waals surface area contributed by atoms with E-state index in [-0.39, 0.29) is 49.2 Å². The van der Waals surface area contributed by atoms with Crippen LogP contribution in [0.4, 0.5) is 9.59 Å². The maximum absolute atomic E-state index is 12.2. The molecule has 10 nitrogen and oxygen atoms in total.